The van der Waals surface area contributed by atoms with E-state index in [1.54, 1.807) is 24.3 Å². The molecule has 1 amide bonds. The SMILES string of the molecule is Cc1csc(SCc2c(C(=O)Nc3cc(C(F)(F)F)cc(C(F)(F)F)c3)oc3ccccc23)n1. The van der Waals surface area contributed by atoms with Crippen LogP contribution >= 0.6 is 23.1 Å². The van der Waals surface area contributed by atoms with Crippen LogP contribution in [0.25, 0.3) is 11.0 Å². The summed E-state index contributed by atoms with van der Waals surface area (Å²) in [5, 5.41) is 4.59. The van der Waals surface area contributed by atoms with Gasteiger partial charge in [0.25, 0.3) is 5.91 Å². The molecule has 0 saturated carbocycles. The van der Waals surface area contributed by atoms with Crippen molar-refractivity contribution in [1.29, 1.82) is 0 Å². The number of hydrogen-bond donors (Lipinski definition) is 1. The second kappa shape index (κ2) is 8.99. The number of thioether (sulfide) groups is 1. The van der Waals surface area contributed by atoms with E-state index in [-0.39, 0.29) is 17.6 Å². The molecule has 12 heteroatoms. The number of amides is 1. The first-order chi connectivity index (χ1) is 15.9. The first-order valence-corrected chi connectivity index (χ1v) is 11.4. The van der Waals surface area contributed by atoms with E-state index in [1.165, 1.54) is 23.1 Å². The molecule has 4 aromatic rings. The van der Waals surface area contributed by atoms with E-state index in [2.05, 4.69) is 10.3 Å². The molecule has 2 aromatic heterocycles. The fraction of sp³-hybridized carbons (Fsp3) is 0.182. The lowest BCUT2D eigenvalue weighted by atomic mass is 10.1. The minimum absolute atomic E-state index is 0.00503. The summed E-state index contributed by atoms with van der Waals surface area (Å²) in [6.07, 6.45) is -10.1. The molecule has 178 valence electrons. The van der Waals surface area contributed by atoms with Crippen LogP contribution in [0, 0.1) is 6.92 Å². The van der Waals surface area contributed by atoms with Gasteiger partial charge in [0.05, 0.1) is 11.1 Å². The minimum atomic E-state index is -5.03. The summed E-state index contributed by atoms with van der Waals surface area (Å²) >= 11 is 2.74. The van der Waals surface area contributed by atoms with Gasteiger partial charge in [0, 0.05) is 33.5 Å². The average Bonchev–Trinajstić information content (AvgIpc) is 3.34. The van der Waals surface area contributed by atoms with Crippen molar-refractivity contribution in [2.45, 2.75) is 29.4 Å². The molecule has 0 saturated heterocycles. The van der Waals surface area contributed by atoms with Gasteiger partial charge in [-0.2, -0.15) is 26.3 Å². The Labute approximate surface area is 197 Å². The highest BCUT2D eigenvalue weighted by Crippen LogP contribution is 2.38. The average molecular weight is 516 g/mol. The van der Waals surface area contributed by atoms with Gasteiger partial charge < -0.3 is 9.73 Å². The third kappa shape index (κ3) is 5.22. The Hall–Kier alpha value is -2.99. The molecule has 0 fully saturated rings. The first-order valence-electron chi connectivity index (χ1n) is 9.58. The van der Waals surface area contributed by atoms with E-state index in [9.17, 15) is 31.1 Å². The number of anilines is 1. The van der Waals surface area contributed by atoms with Crippen molar-refractivity contribution in [2.75, 3.05) is 5.32 Å². The molecule has 34 heavy (non-hydrogen) atoms. The van der Waals surface area contributed by atoms with E-state index < -0.39 is 35.1 Å². The maximum absolute atomic E-state index is 13.2. The van der Waals surface area contributed by atoms with Crippen LogP contribution in [0.4, 0.5) is 32.0 Å². The Bertz CT molecular complexity index is 1330. The molecule has 0 aliphatic rings. The summed E-state index contributed by atoms with van der Waals surface area (Å²) in [6.45, 7) is 1.83. The van der Waals surface area contributed by atoms with Crippen molar-refractivity contribution in [3.63, 3.8) is 0 Å². The highest BCUT2D eigenvalue weighted by Gasteiger charge is 2.37. The van der Waals surface area contributed by atoms with Crippen LogP contribution in [-0.4, -0.2) is 10.9 Å². The third-order valence-corrected chi connectivity index (χ3v) is 6.85. The van der Waals surface area contributed by atoms with Crippen molar-refractivity contribution in [3.05, 3.63) is 76.0 Å². The normalized spacial score (nSPS) is 12.3. The number of fused-ring (bicyclic) bond motifs is 1. The molecule has 0 aliphatic carbocycles. The van der Waals surface area contributed by atoms with Crippen molar-refractivity contribution in [2.24, 2.45) is 0 Å². The van der Waals surface area contributed by atoms with Crippen molar-refractivity contribution >= 4 is 45.7 Å². The number of rotatable bonds is 5. The summed E-state index contributed by atoms with van der Waals surface area (Å²) in [5.74, 6) is -0.911. The van der Waals surface area contributed by atoms with Crippen LogP contribution in [0.5, 0.6) is 0 Å². The number of para-hydroxylation sites is 1. The molecule has 2 heterocycles. The predicted molar refractivity (Wildman–Crippen MR) is 117 cm³/mol. The van der Waals surface area contributed by atoms with Crippen LogP contribution in [0.15, 0.2) is 56.6 Å². The zero-order valence-electron chi connectivity index (χ0n) is 17.2. The van der Waals surface area contributed by atoms with Crippen LogP contribution in [0.1, 0.15) is 32.9 Å². The van der Waals surface area contributed by atoms with Gasteiger partial charge in [0.1, 0.15) is 9.92 Å². The molecule has 0 atom stereocenters. The number of carbonyl (C=O) groups excluding carboxylic acids is 1. The lowest BCUT2D eigenvalue weighted by molar-refractivity contribution is -0.143. The summed E-state index contributed by atoms with van der Waals surface area (Å²) in [7, 11) is 0. The number of aryl methyl sites for hydroxylation is 1. The number of thiazole rings is 1. The van der Waals surface area contributed by atoms with E-state index in [4.69, 9.17) is 4.42 Å². The summed E-state index contributed by atoms with van der Waals surface area (Å²) in [4.78, 5) is 17.3. The summed E-state index contributed by atoms with van der Waals surface area (Å²) in [6, 6.07) is 7.62. The second-order valence-corrected chi connectivity index (χ2v) is 9.28. The van der Waals surface area contributed by atoms with Crippen molar-refractivity contribution in [1.82, 2.24) is 4.98 Å². The molecule has 0 aliphatic heterocycles. The minimum Gasteiger partial charge on any atom is -0.451 e. The van der Waals surface area contributed by atoms with E-state index in [0.29, 0.717) is 28.7 Å². The molecule has 4 nitrogen and oxygen atoms in total. The van der Waals surface area contributed by atoms with Crippen LogP contribution in [0.2, 0.25) is 0 Å². The number of halogens is 6. The Morgan fingerprint density at radius 1 is 1.06 bits per heavy atom. The first kappa shape index (κ1) is 24.1. The van der Waals surface area contributed by atoms with Gasteiger partial charge in [-0.1, -0.05) is 30.0 Å². The topological polar surface area (TPSA) is 55.1 Å². The van der Waals surface area contributed by atoms with Crippen LogP contribution in [-0.2, 0) is 18.1 Å². The Morgan fingerprint density at radius 3 is 2.29 bits per heavy atom. The number of hydrogen-bond acceptors (Lipinski definition) is 5. The zero-order chi connectivity index (χ0) is 24.7. The number of alkyl halides is 6. The molecular formula is C22H14F6N2O2S2. The maximum atomic E-state index is 13.2. The quantitative estimate of drug-likeness (QED) is 0.217. The molecule has 1 N–H and O–H groups in total. The predicted octanol–water partition coefficient (Wildman–Crippen LogP) is 7.78. The summed E-state index contributed by atoms with van der Waals surface area (Å²) in [5.41, 5.74) is -2.07. The van der Waals surface area contributed by atoms with E-state index in [1.807, 2.05) is 12.3 Å². The number of nitrogens with one attached hydrogen (secondary N) is 1. The number of furan rings is 1. The van der Waals surface area contributed by atoms with Crippen LogP contribution in [0.3, 0.4) is 0 Å². The molecule has 2 aromatic carbocycles. The Morgan fingerprint density at radius 2 is 1.71 bits per heavy atom. The number of aromatic nitrogens is 1. The number of nitrogens with zero attached hydrogens (tertiary/aromatic N) is 1. The molecule has 4 rings (SSSR count). The van der Waals surface area contributed by atoms with Gasteiger partial charge in [-0.05, 0) is 31.2 Å². The Balaban J connectivity index is 1.69. The highest BCUT2D eigenvalue weighted by atomic mass is 32.2. The molecule has 0 unspecified atom stereocenters. The molecule has 0 spiro atoms. The fourth-order valence-electron chi connectivity index (χ4n) is 3.17. The van der Waals surface area contributed by atoms with Gasteiger partial charge in [-0.25, -0.2) is 4.98 Å². The number of carbonyl (C=O) groups is 1. The van der Waals surface area contributed by atoms with E-state index in [0.717, 1.165) is 10.0 Å². The number of benzene rings is 2. The van der Waals surface area contributed by atoms with E-state index >= 15 is 0 Å². The smallest absolute Gasteiger partial charge is 0.416 e. The van der Waals surface area contributed by atoms with Crippen molar-refractivity contribution < 1.29 is 35.6 Å². The van der Waals surface area contributed by atoms with Crippen LogP contribution < -0.4 is 5.32 Å². The largest absolute Gasteiger partial charge is 0.451 e. The maximum Gasteiger partial charge on any atom is 0.416 e. The lowest BCUT2D eigenvalue weighted by Crippen LogP contribution is -2.16. The van der Waals surface area contributed by atoms with Crippen molar-refractivity contribution in [3.8, 4) is 0 Å². The zero-order valence-corrected chi connectivity index (χ0v) is 18.8. The lowest BCUT2D eigenvalue weighted by Gasteiger charge is -2.14. The second-order valence-electron chi connectivity index (χ2n) is 7.20. The molecule has 0 bridgehead atoms. The van der Waals surface area contributed by atoms with Gasteiger partial charge >= 0.3 is 12.4 Å². The van der Waals surface area contributed by atoms with Gasteiger partial charge in [0.2, 0.25) is 0 Å². The fourth-order valence-corrected chi connectivity index (χ4v) is 5.05. The molecular weight excluding hydrogens is 502 g/mol. The van der Waals surface area contributed by atoms with Gasteiger partial charge in [0.15, 0.2) is 5.76 Å². The van der Waals surface area contributed by atoms with Gasteiger partial charge in [-0.15, -0.1) is 11.3 Å². The highest BCUT2D eigenvalue weighted by molar-refractivity contribution is 8.00. The monoisotopic (exact) mass is 516 g/mol. The Kier molecular flexibility index (Phi) is 6.38. The summed E-state index contributed by atoms with van der Waals surface area (Å²) < 4.78 is 85.3. The third-order valence-electron chi connectivity index (χ3n) is 4.69. The standard InChI is InChI=1S/C22H14F6N2O2S2/c1-11-9-33-20(29-11)34-10-16-15-4-2-3-5-17(15)32-18(16)19(31)30-14-7-12(21(23,24)25)6-13(8-14)22(26,27)28/h2-9H,10H2,1H3,(H,30,31). The molecule has 0 radical (unpaired) electrons. The van der Waals surface area contributed by atoms with Gasteiger partial charge in [-0.3, -0.25) is 4.79 Å².